The van der Waals surface area contributed by atoms with Crippen molar-refractivity contribution in [3.8, 4) is 0 Å². The van der Waals surface area contributed by atoms with E-state index in [1.54, 1.807) is 5.01 Å². The van der Waals surface area contributed by atoms with E-state index in [1.165, 1.54) is 28.9 Å². The topological polar surface area (TPSA) is 29.3 Å². The maximum Gasteiger partial charge on any atom is 0.0652 e. The smallest absolute Gasteiger partial charge is 0.0652 e. The second-order valence-electron chi connectivity index (χ2n) is 5.46. The number of hydrogen-bond donors (Lipinski definition) is 1. The Labute approximate surface area is 135 Å². The van der Waals surface area contributed by atoms with Gasteiger partial charge in [-0.25, -0.2) is 5.84 Å². The van der Waals surface area contributed by atoms with Crippen molar-refractivity contribution in [2.75, 3.05) is 12.1 Å². The second kappa shape index (κ2) is 6.30. The number of rotatable bonds is 5. The monoisotopic (exact) mass is 318 g/mol. The van der Waals surface area contributed by atoms with Crippen LogP contribution in [0.2, 0.25) is 5.02 Å². The molecule has 2 N–H and O–H groups in total. The molecule has 0 heterocycles. The fraction of sp³-hybridized carbons (Fsp3) is 0.294. The van der Waals surface area contributed by atoms with Gasteiger partial charge in [0.2, 0.25) is 0 Å². The van der Waals surface area contributed by atoms with E-state index < -0.39 is 0 Å². The van der Waals surface area contributed by atoms with E-state index in [9.17, 15) is 0 Å². The first-order chi connectivity index (χ1) is 10.2. The minimum absolute atomic E-state index is 0.707. The van der Waals surface area contributed by atoms with Crippen molar-refractivity contribution in [3.05, 3.63) is 58.6 Å². The Morgan fingerprint density at radius 3 is 2.62 bits per heavy atom. The highest BCUT2D eigenvalue weighted by molar-refractivity contribution is 7.98. The van der Waals surface area contributed by atoms with Crippen LogP contribution in [0.4, 0.5) is 5.69 Å². The van der Waals surface area contributed by atoms with Crippen LogP contribution in [0.3, 0.4) is 0 Å². The third-order valence-electron chi connectivity index (χ3n) is 3.75. The van der Waals surface area contributed by atoms with Gasteiger partial charge in [0.25, 0.3) is 0 Å². The van der Waals surface area contributed by atoms with E-state index in [1.807, 2.05) is 37.0 Å². The molecule has 0 bridgehead atoms. The zero-order chi connectivity index (χ0) is 14.8. The minimum Gasteiger partial charge on any atom is -0.313 e. The first kappa shape index (κ1) is 14.8. The molecule has 0 amide bonds. The quantitative estimate of drug-likeness (QED) is 0.487. The predicted molar refractivity (Wildman–Crippen MR) is 92.0 cm³/mol. The van der Waals surface area contributed by atoms with Gasteiger partial charge in [0, 0.05) is 22.7 Å². The van der Waals surface area contributed by atoms with Crippen molar-refractivity contribution in [1.29, 1.82) is 0 Å². The Morgan fingerprint density at radius 2 is 1.95 bits per heavy atom. The fourth-order valence-electron chi connectivity index (χ4n) is 2.46. The van der Waals surface area contributed by atoms with Gasteiger partial charge < -0.3 is 5.01 Å². The third kappa shape index (κ3) is 3.37. The maximum absolute atomic E-state index is 6.26. The Kier molecular flexibility index (Phi) is 4.43. The summed E-state index contributed by atoms with van der Waals surface area (Å²) in [7, 11) is 1.89. The number of nitrogens with zero attached hydrogens (tertiary/aromatic N) is 1. The van der Waals surface area contributed by atoms with Crippen LogP contribution in [-0.4, -0.2) is 7.05 Å². The van der Waals surface area contributed by atoms with Gasteiger partial charge in [0.15, 0.2) is 0 Å². The van der Waals surface area contributed by atoms with Gasteiger partial charge in [-0.15, -0.1) is 11.8 Å². The maximum atomic E-state index is 6.26. The molecular formula is C17H19ClN2S. The molecule has 1 fully saturated rings. The zero-order valence-corrected chi connectivity index (χ0v) is 13.6. The summed E-state index contributed by atoms with van der Waals surface area (Å²) in [5.41, 5.74) is 3.69. The van der Waals surface area contributed by atoms with Gasteiger partial charge in [-0.3, -0.25) is 0 Å². The molecule has 0 aliphatic heterocycles. The van der Waals surface area contributed by atoms with Crippen LogP contribution in [0, 0.1) is 0 Å². The van der Waals surface area contributed by atoms with Crippen molar-refractivity contribution < 1.29 is 0 Å². The zero-order valence-electron chi connectivity index (χ0n) is 12.1. The average molecular weight is 319 g/mol. The standard InChI is InChI=1S/C17H19ClN2S/c1-20(19)16-8-4-6-14(12-9-10-12)17(16)21-11-13-5-2-3-7-15(13)18/h2-8,12H,9-11,19H2,1H3. The molecule has 21 heavy (non-hydrogen) atoms. The molecule has 110 valence electrons. The van der Waals surface area contributed by atoms with E-state index in [-0.39, 0.29) is 0 Å². The molecule has 2 aromatic carbocycles. The van der Waals surface area contributed by atoms with E-state index >= 15 is 0 Å². The van der Waals surface area contributed by atoms with Gasteiger partial charge in [-0.1, -0.05) is 41.9 Å². The van der Waals surface area contributed by atoms with Gasteiger partial charge in [0.1, 0.15) is 0 Å². The number of benzene rings is 2. The van der Waals surface area contributed by atoms with E-state index in [2.05, 4.69) is 24.3 Å². The summed E-state index contributed by atoms with van der Waals surface area (Å²) in [5, 5.41) is 2.54. The first-order valence-electron chi connectivity index (χ1n) is 7.14. The van der Waals surface area contributed by atoms with Crippen molar-refractivity contribution in [3.63, 3.8) is 0 Å². The van der Waals surface area contributed by atoms with Crippen LogP contribution in [0.25, 0.3) is 0 Å². The first-order valence-corrected chi connectivity index (χ1v) is 8.50. The summed E-state index contributed by atoms with van der Waals surface area (Å²) in [5.74, 6) is 7.57. The van der Waals surface area contributed by atoms with Crippen molar-refractivity contribution in [1.82, 2.24) is 0 Å². The van der Waals surface area contributed by atoms with E-state index in [0.717, 1.165) is 16.5 Å². The molecule has 1 saturated carbocycles. The summed E-state index contributed by atoms with van der Waals surface area (Å²) in [6.07, 6.45) is 2.58. The van der Waals surface area contributed by atoms with E-state index in [0.29, 0.717) is 5.92 Å². The summed E-state index contributed by atoms with van der Waals surface area (Å²) >= 11 is 8.09. The second-order valence-corrected chi connectivity index (χ2v) is 6.85. The SMILES string of the molecule is CN(N)c1cccc(C2CC2)c1SCc1ccccc1Cl. The molecule has 4 heteroatoms. The molecule has 0 unspecified atom stereocenters. The number of thioether (sulfide) groups is 1. The highest BCUT2D eigenvalue weighted by atomic mass is 35.5. The lowest BCUT2D eigenvalue weighted by molar-refractivity contribution is 0.969. The molecule has 0 spiro atoms. The average Bonchev–Trinajstić information content (AvgIpc) is 3.30. The van der Waals surface area contributed by atoms with Crippen LogP contribution < -0.4 is 10.9 Å². The number of hydrogen-bond acceptors (Lipinski definition) is 3. The van der Waals surface area contributed by atoms with Gasteiger partial charge >= 0.3 is 0 Å². The summed E-state index contributed by atoms with van der Waals surface area (Å²) in [4.78, 5) is 1.30. The Hall–Kier alpha value is -1.16. The minimum atomic E-state index is 0.707. The van der Waals surface area contributed by atoms with Crippen LogP contribution in [-0.2, 0) is 5.75 Å². The molecule has 2 nitrogen and oxygen atoms in total. The van der Waals surface area contributed by atoms with Gasteiger partial charge in [0.05, 0.1) is 5.69 Å². The van der Waals surface area contributed by atoms with Crippen LogP contribution in [0.15, 0.2) is 47.4 Å². The lowest BCUT2D eigenvalue weighted by atomic mass is 10.1. The lowest BCUT2D eigenvalue weighted by Gasteiger charge is -2.20. The highest BCUT2D eigenvalue weighted by Gasteiger charge is 2.27. The fourth-order valence-corrected chi connectivity index (χ4v) is 4.05. The summed E-state index contributed by atoms with van der Waals surface area (Å²) in [6, 6.07) is 14.5. The predicted octanol–water partition coefficient (Wildman–Crippen LogP) is 4.82. The Morgan fingerprint density at radius 1 is 1.19 bits per heavy atom. The van der Waals surface area contributed by atoms with Crippen molar-refractivity contribution in [2.45, 2.75) is 29.4 Å². The molecular weight excluding hydrogens is 300 g/mol. The normalized spacial score (nSPS) is 14.2. The Bertz CT molecular complexity index is 618. The third-order valence-corrected chi connectivity index (χ3v) is 5.31. The number of nitrogens with two attached hydrogens (primary N) is 1. The van der Waals surface area contributed by atoms with Crippen LogP contribution in [0.5, 0.6) is 0 Å². The highest BCUT2D eigenvalue weighted by Crippen LogP contribution is 2.47. The van der Waals surface area contributed by atoms with Crippen LogP contribution in [0.1, 0.15) is 29.9 Å². The van der Waals surface area contributed by atoms with Crippen molar-refractivity contribution in [2.24, 2.45) is 5.84 Å². The summed E-state index contributed by atoms with van der Waals surface area (Å²) in [6.45, 7) is 0. The molecule has 3 rings (SSSR count). The number of anilines is 1. The molecule has 0 aromatic heterocycles. The lowest BCUT2D eigenvalue weighted by Crippen LogP contribution is -2.25. The summed E-state index contributed by atoms with van der Waals surface area (Å²) < 4.78 is 0. The largest absolute Gasteiger partial charge is 0.313 e. The number of halogens is 1. The molecule has 0 atom stereocenters. The van der Waals surface area contributed by atoms with Crippen LogP contribution >= 0.6 is 23.4 Å². The molecule has 1 aliphatic carbocycles. The molecule has 2 aromatic rings. The number of hydrazine groups is 1. The molecule has 0 saturated heterocycles. The van der Waals surface area contributed by atoms with Gasteiger partial charge in [-0.05, 0) is 42.0 Å². The van der Waals surface area contributed by atoms with Crippen molar-refractivity contribution >= 4 is 29.1 Å². The van der Waals surface area contributed by atoms with E-state index in [4.69, 9.17) is 17.4 Å². The Balaban J connectivity index is 1.88. The van der Waals surface area contributed by atoms with Gasteiger partial charge in [-0.2, -0.15) is 0 Å². The molecule has 0 radical (unpaired) electrons. The molecule has 1 aliphatic rings.